The largest absolute Gasteiger partial charge is 0.352 e. The van der Waals surface area contributed by atoms with E-state index in [9.17, 15) is 8.42 Å². The molecule has 1 N–H and O–H groups in total. The first kappa shape index (κ1) is 15.7. The zero-order chi connectivity index (χ0) is 14.5. The van der Waals surface area contributed by atoms with E-state index in [-0.39, 0.29) is 13.1 Å². The van der Waals surface area contributed by atoms with Gasteiger partial charge >= 0.3 is 0 Å². The Morgan fingerprint density at radius 2 is 1.95 bits per heavy atom. The maximum absolute atomic E-state index is 12.5. The summed E-state index contributed by atoms with van der Waals surface area (Å²) in [5.74, 6) is 0. The van der Waals surface area contributed by atoms with Gasteiger partial charge in [0.2, 0.25) is 10.0 Å². The van der Waals surface area contributed by atoms with Gasteiger partial charge in [-0.1, -0.05) is 12.2 Å². The van der Waals surface area contributed by atoms with E-state index in [1.807, 2.05) is 18.7 Å². The second kappa shape index (κ2) is 6.70. The Hall–Kier alpha value is -1.37. The number of nitrogens with one attached hydrogen (secondary N) is 1. The number of nitrogens with zero attached hydrogens (tertiary/aromatic N) is 2. The predicted molar refractivity (Wildman–Crippen MR) is 77.3 cm³/mol. The summed E-state index contributed by atoms with van der Waals surface area (Å²) in [6.45, 7) is 8.33. The number of aromatic nitrogens is 1. The lowest BCUT2D eigenvalue weighted by Gasteiger charge is -2.17. The number of hydrogen-bond acceptors (Lipinski definition) is 3. The van der Waals surface area contributed by atoms with Crippen molar-refractivity contribution < 1.29 is 8.42 Å². The van der Waals surface area contributed by atoms with E-state index >= 15 is 0 Å². The lowest BCUT2D eigenvalue weighted by atomic mass is 10.4. The van der Waals surface area contributed by atoms with Crippen molar-refractivity contribution in [1.29, 1.82) is 0 Å². The highest BCUT2D eigenvalue weighted by Gasteiger charge is 2.24. The monoisotopic (exact) mass is 283 g/mol. The van der Waals surface area contributed by atoms with E-state index in [1.165, 1.54) is 4.31 Å². The van der Waals surface area contributed by atoms with E-state index < -0.39 is 10.0 Å². The Labute approximate surface area is 115 Å². The van der Waals surface area contributed by atoms with Crippen molar-refractivity contribution in [3.05, 3.63) is 43.3 Å². The molecule has 0 aliphatic carbocycles. The molecule has 1 aromatic rings. The molecule has 0 amide bonds. The first-order valence-electron chi connectivity index (χ1n) is 5.99. The van der Waals surface area contributed by atoms with Crippen molar-refractivity contribution >= 4 is 10.0 Å². The van der Waals surface area contributed by atoms with E-state index in [0.717, 1.165) is 5.69 Å². The summed E-state index contributed by atoms with van der Waals surface area (Å²) in [4.78, 5) is 0.295. The van der Waals surface area contributed by atoms with Crippen LogP contribution in [0.15, 0.2) is 42.5 Å². The molecule has 0 atom stereocenters. The number of rotatable bonds is 8. The second-order valence-corrected chi connectivity index (χ2v) is 6.15. The quantitative estimate of drug-likeness (QED) is 0.727. The van der Waals surface area contributed by atoms with Crippen LogP contribution in [0.4, 0.5) is 0 Å². The minimum absolute atomic E-state index is 0.268. The highest BCUT2D eigenvalue weighted by atomic mass is 32.2. The van der Waals surface area contributed by atoms with Gasteiger partial charge in [0.15, 0.2) is 0 Å². The van der Waals surface area contributed by atoms with Crippen LogP contribution in [-0.2, 0) is 23.6 Å². The summed E-state index contributed by atoms with van der Waals surface area (Å²) in [7, 11) is 0.150. The molecule has 6 heteroatoms. The van der Waals surface area contributed by atoms with Gasteiger partial charge in [-0.3, -0.25) is 0 Å². The molecular weight excluding hydrogens is 262 g/mol. The molecule has 0 aliphatic heterocycles. The zero-order valence-electron chi connectivity index (χ0n) is 11.5. The Bertz CT molecular complexity index is 536. The first-order chi connectivity index (χ1) is 8.97. The van der Waals surface area contributed by atoms with Crippen LogP contribution >= 0.6 is 0 Å². The molecule has 0 spiro atoms. The summed E-state index contributed by atoms with van der Waals surface area (Å²) in [6.07, 6.45) is 4.76. The van der Waals surface area contributed by atoms with E-state index in [1.54, 1.807) is 24.4 Å². The molecule has 0 radical (unpaired) electrons. The summed E-state index contributed by atoms with van der Waals surface area (Å²) >= 11 is 0. The van der Waals surface area contributed by atoms with Gasteiger partial charge in [-0.15, -0.1) is 13.2 Å². The molecule has 0 saturated heterocycles. The Balaban J connectivity index is 3.13. The SMILES string of the molecule is C=CCN(CC=C)S(=O)(=O)c1cc(CNC)n(C)c1. The first-order valence-corrected chi connectivity index (χ1v) is 7.43. The van der Waals surface area contributed by atoms with Crippen LogP contribution in [0, 0.1) is 0 Å². The third-order valence-corrected chi connectivity index (χ3v) is 4.54. The summed E-state index contributed by atoms with van der Waals surface area (Å²) in [6, 6.07) is 1.69. The standard InChI is InChI=1S/C13H21N3O2S/c1-5-7-16(8-6-2)19(17,18)13-9-12(10-14-3)15(4)11-13/h5-6,9,11,14H,1-2,7-8,10H2,3-4H3. The van der Waals surface area contributed by atoms with Crippen molar-refractivity contribution in [3.63, 3.8) is 0 Å². The number of aryl methyl sites for hydroxylation is 1. The summed E-state index contributed by atoms with van der Waals surface area (Å²) in [5.41, 5.74) is 0.915. The Morgan fingerprint density at radius 1 is 1.37 bits per heavy atom. The van der Waals surface area contributed by atoms with E-state index in [4.69, 9.17) is 0 Å². The molecular formula is C13H21N3O2S. The van der Waals surface area contributed by atoms with Gasteiger partial charge < -0.3 is 9.88 Å². The minimum Gasteiger partial charge on any atom is -0.352 e. The molecule has 1 rings (SSSR count). The fraction of sp³-hybridized carbons (Fsp3) is 0.385. The number of sulfonamides is 1. The lowest BCUT2D eigenvalue weighted by Crippen LogP contribution is -2.31. The maximum Gasteiger partial charge on any atom is 0.245 e. The van der Waals surface area contributed by atoms with Crippen LogP contribution in [0.1, 0.15) is 5.69 Å². The van der Waals surface area contributed by atoms with Gasteiger partial charge in [0.05, 0.1) is 0 Å². The van der Waals surface area contributed by atoms with Crippen LogP contribution in [0.5, 0.6) is 0 Å². The molecule has 0 unspecified atom stereocenters. The molecule has 5 nitrogen and oxygen atoms in total. The molecule has 106 valence electrons. The normalized spacial score (nSPS) is 11.7. The van der Waals surface area contributed by atoms with Crippen LogP contribution in [0.2, 0.25) is 0 Å². The molecule has 0 bridgehead atoms. The molecule has 0 fully saturated rings. The average Bonchev–Trinajstić information content (AvgIpc) is 2.72. The predicted octanol–water partition coefficient (Wildman–Crippen LogP) is 1.11. The Morgan fingerprint density at radius 3 is 2.42 bits per heavy atom. The van der Waals surface area contributed by atoms with Crippen molar-refractivity contribution in [2.75, 3.05) is 20.1 Å². The highest BCUT2D eigenvalue weighted by Crippen LogP contribution is 2.18. The van der Waals surface area contributed by atoms with Crippen LogP contribution < -0.4 is 5.32 Å². The van der Waals surface area contributed by atoms with Gasteiger partial charge in [-0.05, 0) is 13.1 Å². The van der Waals surface area contributed by atoms with Gasteiger partial charge in [0.25, 0.3) is 0 Å². The summed E-state index contributed by atoms with van der Waals surface area (Å²) < 4.78 is 28.1. The van der Waals surface area contributed by atoms with Crippen molar-refractivity contribution in [2.24, 2.45) is 7.05 Å². The zero-order valence-corrected chi connectivity index (χ0v) is 12.3. The third kappa shape index (κ3) is 3.56. The smallest absolute Gasteiger partial charge is 0.245 e. The number of hydrogen-bond donors (Lipinski definition) is 1. The molecule has 0 aromatic carbocycles. The maximum atomic E-state index is 12.5. The van der Waals surface area contributed by atoms with Crippen LogP contribution in [-0.4, -0.2) is 37.4 Å². The van der Waals surface area contributed by atoms with Gasteiger partial charge in [0, 0.05) is 38.6 Å². The minimum atomic E-state index is -3.50. The topological polar surface area (TPSA) is 54.3 Å². The Kier molecular flexibility index (Phi) is 5.53. The average molecular weight is 283 g/mol. The highest BCUT2D eigenvalue weighted by molar-refractivity contribution is 7.89. The molecule has 0 saturated carbocycles. The van der Waals surface area contributed by atoms with Crippen LogP contribution in [0.25, 0.3) is 0 Å². The van der Waals surface area contributed by atoms with Gasteiger partial charge in [0.1, 0.15) is 4.90 Å². The third-order valence-electron chi connectivity index (χ3n) is 2.74. The lowest BCUT2D eigenvalue weighted by molar-refractivity contribution is 0.474. The fourth-order valence-corrected chi connectivity index (χ4v) is 3.26. The van der Waals surface area contributed by atoms with Crippen LogP contribution in [0.3, 0.4) is 0 Å². The van der Waals surface area contributed by atoms with Crippen molar-refractivity contribution in [3.8, 4) is 0 Å². The van der Waals surface area contributed by atoms with E-state index in [2.05, 4.69) is 18.5 Å². The molecule has 0 aliphatic rings. The molecule has 19 heavy (non-hydrogen) atoms. The van der Waals surface area contributed by atoms with Gasteiger partial charge in [-0.25, -0.2) is 8.42 Å². The van der Waals surface area contributed by atoms with Crippen molar-refractivity contribution in [2.45, 2.75) is 11.4 Å². The molecule has 1 heterocycles. The van der Waals surface area contributed by atoms with Crippen molar-refractivity contribution in [1.82, 2.24) is 14.2 Å². The summed E-state index contributed by atoms with van der Waals surface area (Å²) in [5, 5.41) is 3.01. The molecule has 1 aromatic heterocycles. The van der Waals surface area contributed by atoms with E-state index in [0.29, 0.717) is 11.4 Å². The second-order valence-electron chi connectivity index (χ2n) is 4.21. The fourth-order valence-electron chi connectivity index (χ4n) is 1.78. The van der Waals surface area contributed by atoms with Gasteiger partial charge in [-0.2, -0.15) is 4.31 Å².